The molecule has 1 aromatic heterocycles. The van der Waals surface area contributed by atoms with E-state index in [0.29, 0.717) is 18.5 Å². The second-order valence-electron chi connectivity index (χ2n) is 6.21. The van der Waals surface area contributed by atoms with E-state index in [9.17, 15) is 21.8 Å². The molecule has 0 aliphatic rings. The van der Waals surface area contributed by atoms with E-state index in [1.165, 1.54) is 12.1 Å². The van der Waals surface area contributed by atoms with Crippen molar-refractivity contribution in [2.75, 3.05) is 5.32 Å². The Kier molecular flexibility index (Phi) is 8.14. The Balaban J connectivity index is 2.54. The van der Waals surface area contributed by atoms with E-state index in [1.54, 1.807) is 6.92 Å². The van der Waals surface area contributed by atoms with Crippen LogP contribution in [0.25, 0.3) is 0 Å². The van der Waals surface area contributed by atoms with E-state index in [2.05, 4.69) is 37.2 Å². The maximum absolute atomic E-state index is 13.3. The van der Waals surface area contributed by atoms with Crippen LogP contribution >= 0.6 is 11.6 Å². The van der Waals surface area contributed by atoms with Gasteiger partial charge in [0.2, 0.25) is 11.2 Å². The van der Waals surface area contributed by atoms with Gasteiger partial charge in [0, 0.05) is 23.9 Å². The highest BCUT2D eigenvalue weighted by molar-refractivity contribution is 7.86. The van der Waals surface area contributed by atoms with Crippen LogP contribution in [0.3, 0.4) is 0 Å². The average Bonchev–Trinajstić information content (AvgIpc) is 2.59. The number of nitrogens with zero attached hydrogens (tertiary/aromatic N) is 4. The van der Waals surface area contributed by atoms with Crippen LogP contribution in [-0.4, -0.2) is 34.1 Å². The average molecular weight is 473 g/mol. The molecule has 0 spiro atoms. The van der Waals surface area contributed by atoms with Crippen molar-refractivity contribution in [3.63, 3.8) is 0 Å². The molecule has 0 saturated heterocycles. The summed E-state index contributed by atoms with van der Waals surface area (Å²) in [6, 6.07) is 4.43. The summed E-state index contributed by atoms with van der Waals surface area (Å²) < 4.78 is 59.6. The van der Waals surface area contributed by atoms with Crippen LogP contribution in [0.15, 0.2) is 51.4 Å². The van der Waals surface area contributed by atoms with E-state index in [4.69, 9.17) is 11.6 Å². The molecule has 2 rings (SSSR count). The fraction of sp³-hybridized carbons (Fsp3) is 0.222. The third-order valence-electron chi connectivity index (χ3n) is 3.44. The first-order valence-electron chi connectivity index (χ1n) is 8.81. The lowest BCUT2D eigenvalue weighted by Crippen LogP contribution is -2.16. The molecule has 0 radical (unpaired) electrons. The number of allylic oxidation sites excluding steroid dienone is 1. The van der Waals surface area contributed by atoms with Gasteiger partial charge in [0.1, 0.15) is 16.5 Å². The molecule has 0 atom stereocenters. The molecule has 0 amide bonds. The summed E-state index contributed by atoms with van der Waals surface area (Å²) >= 11 is 6.00. The Labute approximate surface area is 182 Å². The number of nitrogens with one attached hydrogen (secondary N) is 2. The van der Waals surface area contributed by atoms with Crippen molar-refractivity contribution in [1.29, 1.82) is 0 Å². The number of aliphatic imine (C=N–C) groups is 2. The van der Waals surface area contributed by atoms with Gasteiger partial charge in [0.25, 0.3) is 10.1 Å². The van der Waals surface area contributed by atoms with Crippen molar-refractivity contribution in [3.05, 3.63) is 48.6 Å². The van der Waals surface area contributed by atoms with E-state index in [-0.39, 0.29) is 28.3 Å². The molecule has 1 heterocycles. The number of rotatable bonds is 7. The smallest absolute Gasteiger partial charge is 0.313 e. The minimum Gasteiger partial charge on any atom is -0.340 e. The van der Waals surface area contributed by atoms with Crippen LogP contribution in [-0.2, 0) is 10.1 Å². The van der Waals surface area contributed by atoms with Crippen molar-refractivity contribution in [3.8, 4) is 0 Å². The second-order valence-corrected chi connectivity index (χ2v) is 7.96. The van der Waals surface area contributed by atoms with Crippen molar-refractivity contribution < 1.29 is 21.8 Å². The molecule has 3 N–H and O–H groups in total. The maximum Gasteiger partial charge on any atom is 0.313 e. The predicted octanol–water partition coefficient (Wildman–Crippen LogP) is 4.29. The topological polar surface area (TPSA) is 129 Å². The summed E-state index contributed by atoms with van der Waals surface area (Å²) in [5, 5.41) is 5.27. The standard InChI is InChI=1S/C18H19ClF2N6O3S/c1-4-5-15(26-17(19)22-10(2)3)24-12-8-11(6-7-13(12)31(28,29)30)23-16-9-14(20)25-18(21)27-16/h6-9H,2,4-5H2,1,3H3,(H,22,24,26)(H,23,25,27)(H,28,29,30). The van der Waals surface area contributed by atoms with E-state index < -0.39 is 27.0 Å². The number of halogens is 3. The van der Waals surface area contributed by atoms with Gasteiger partial charge in [0.05, 0.1) is 5.69 Å². The van der Waals surface area contributed by atoms with Crippen molar-refractivity contribution in [2.45, 2.75) is 31.6 Å². The molecule has 0 bridgehead atoms. The van der Waals surface area contributed by atoms with Gasteiger partial charge in [-0.3, -0.25) is 4.55 Å². The minimum atomic E-state index is -4.64. The Morgan fingerprint density at radius 2 is 2.00 bits per heavy atom. The van der Waals surface area contributed by atoms with E-state index >= 15 is 0 Å². The van der Waals surface area contributed by atoms with Crippen LogP contribution in [0.1, 0.15) is 26.7 Å². The Morgan fingerprint density at radius 1 is 1.29 bits per heavy atom. The number of amidine groups is 2. The predicted molar refractivity (Wildman–Crippen MR) is 115 cm³/mol. The third kappa shape index (κ3) is 7.66. The first-order chi connectivity index (χ1) is 14.5. The molecule has 0 aliphatic heterocycles. The van der Waals surface area contributed by atoms with Gasteiger partial charge in [-0.15, -0.1) is 0 Å². The Hall–Kier alpha value is -2.96. The first kappa shape index (κ1) is 24.3. The second kappa shape index (κ2) is 10.4. The summed E-state index contributed by atoms with van der Waals surface area (Å²) in [6.45, 7) is 7.16. The zero-order valence-electron chi connectivity index (χ0n) is 16.5. The maximum atomic E-state index is 13.3. The van der Waals surface area contributed by atoms with Crippen LogP contribution in [0.4, 0.5) is 26.0 Å². The summed E-state index contributed by atoms with van der Waals surface area (Å²) in [5.41, 5.74) is 0.544. The highest BCUT2D eigenvalue weighted by Crippen LogP contribution is 2.30. The molecule has 31 heavy (non-hydrogen) atoms. The summed E-state index contributed by atoms with van der Waals surface area (Å²) in [4.78, 5) is 14.1. The third-order valence-corrected chi connectivity index (χ3v) is 4.52. The van der Waals surface area contributed by atoms with Crippen LogP contribution in [0, 0.1) is 12.0 Å². The van der Waals surface area contributed by atoms with Gasteiger partial charge in [0.15, 0.2) is 0 Å². The van der Waals surface area contributed by atoms with Gasteiger partial charge < -0.3 is 10.6 Å². The summed E-state index contributed by atoms with van der Waals surface area (Å²) in [5.74, 6) is -1.13. The molecule has 166 valence electrons. The Bertz CT molecular complexity index is 1130. The largest absolute Gasteiger partial charge is 0.340 e. The lowest BCUT2D eigenvalue weighted by atomic mass is 10.2. The lowest BCUT2D eigenvalue weighted by Gasteiger charge is -2.10. The Morgan fingerprint density at radius 3 is 2.58 bits per heavy atom. The van der Waals surface area contributed by atoms with Crippen LogP contribution < -0.4 is 10.6 Å². The SMILES string of the molecule is C=C(C)NC(Cl)=NC(CCC)=Nc1cc(Nc2cc(F)nc(F)n2)ccc1S(=O)(=O)O. The fourth-order valence-corrected chi connectivity index (χ4v) is 3.19. The number of benzene rings is 1. The fourth-order valence-electron chi connectivity index (χ4n) is 2.32. The van der Waals surface area contributed by atoms with Crippen molar-refractivity contribution >= 4 is 50.0 Å². The van der Waals surface area contributed by atoms with E-state index in [1.807, 2.05) is 6.92 Å². The van der Waals surface area contributed by atoms with Gasteiger partial charge in [-0.05, 0) is 43.1 Å². The van der Waals surface area contributed by atoms with Crippen LogP contribution in [0.2, 0.25) is 0 Å². The normalized spacial score (nSPS) is 12.6. The number of hydrogen-bond acceptors (Lipinski definition) is 6. The first-order valence-corrected chi connectivity index (χ1v) is 10.6. The zero-order valence-corrected chi connectivity index (χ0v) is 18.1. The molecule has 9 nitrogen and oxygen atoms in total. The highest BCUT2D eigenvalue weighted by atomic mass is 35.5. The summed E-state index contributed by atoms with van der Waals surface area (Å²) in [6.07, 6.45) is -0.341. The monoisotopic (exact) mass is 472 g/mol. The number of hydrogen-bond donors (Lipinski definition) is 3. The van der Waals surface area contributed by atoms with Crippen molar-refractivity contribution in [1.82, 2.24) is 15.3 Å². The van der Waals surface area contributed by atoms with Gasteiger partial charge in [-0.2, -0.15) is 27.2 Å². The molecular formula is C18H19ClF2N6O3S. The number of aromatic nitrogens is 2. The molecular weight excluding hydrogens is 454 g/mol. The highest BCUT2D eigenvalue weighted by Gasteiger charge is 2.17. The molecule has 1 aromatic carbocycles. The van der Waals surface area contributed by atoms with E-state index in [0.717, 1.165) is 12.1 Å². The van der Waals surface area contributed by atoms with Gasteiger partial charge >= 0.3 is 6.08 Å². The summed E-state index contributed by atoms with van der Waals surface area (Å²) in [7, 11) is -4.64. The number of anilines is 2. The molecule has 0 unspecified atom stereocenters. The molecule has 0 saturated carbocycles. The van der Waals surface area contributed by atoms with Gasteiger partial charge in [-0.1, -0.05) is 13.5 Å². The molecule has 0 fully saturated rings. The minimum absolute atomic E-state index is 0.0330. The molecule has 0 aliphatic carbocycles. The van der Waals surface area contributed by atoms with Crippen LogP contribution in [0.5, 0.6) is 0 Å². The lowest BCUT2D eigenvalue weighted by molar-refractivity contribution is 0.482. The van der Waals surface area contributed by atoms with Crippen molar-refractivity contribution in [2.24, 2.45) is 9.98 Å². The quantitative estimate of drug-likeness (QED) is 0.137. The molecule has 2 aromatic rings. The molecule has 13 heteroatoms. The van der Waals surface area contributed by atoms with Gasteiger partial charge in [-0.25, -0.2) is 9.98 Å². The zero-order chi connectivity index (χ0) is 23.2.